The largest absolute Gasteiger partial charge is 0.337 e. The van der Waals surface area contributed by atoms with Gasteiger partial charge in [-0.2, -0.15) is 0 Å². The lowest BCUT2D eigenvalue weighted by atomic mass is 10.2. The lowest BCUT2D eigenvalue weighted by molar-refractivity contribution is 1.07. The number of H-pyrrole nitrogens is 1. The summed E-state index contributed by atoms with van der Waals surface area (Å²) in [6, 6.07) is 6.06. The van der Waals surface area contributed by atoms with Gasteiger partial charge in [0, 0.05) is 6.54 Å². The van der Waals surface area contributed by atoms with Crippen LogP contribution in [-0.4, -0.2) is 15.0 Å². The van der Waals surface area contributed by atoms with Gasteiger partial charge in [-0.15, -0.1) is 11.3 Å². The molecule has 0 fully saturated rings. The summed E-state index contributed by atoms with van der Waals surface area (Å²) in [7, 11) is 0. The summed E-state index contributed by atoms with van der Waals surface area (Å²) in [4.78, 5) is 13.5. The summed E-state index contributed by atoms with van der Waals surface area (Å²) in [6.45, 7) is 4.57. The maximum atomic E-state index is 5.64. The second-order valence-electron chi connectivity index (χ2n) is 4.29. The van der Waals surface area contributed by atoms with Gasteiger partial charge < -0.3 is 10.7 Å². The first-order valence-electron chi connectivity index (χ1n) is 5.80. The highest BCUT2D eigenvalue weighted by molar-refractivity contribution is 7.15. The number of aromatic amines is 1. The van der Waals surface area contributed by atoms with Crippen LogP contribution in [0.25, 0.3) is 21.7 Å². The van der Waals surface area contributed by atoms with Crippen molar-refractivity contribution in [3.63, 3.8) is 0 Å². The minimum Gasteiger partial charge on any atom is -0.337 e. The molecule has 3 N–H and O–H groups in total. The van der Waals surface area contributed by atoms with Gasteiger partial charge >= 0.3 is 0 Å². The first-order valence-corrected chi connectivity index (χ1v) is 6.62. The molecule has 3 aromatic rings. The fourth-order valence-electron chi connectivity index (χ4n) is 2.04. The number of aromatic nitrogens is 3. The first-order chi connectivity index (χ1) is 8.67. The summed E-state index contributed by atoms with van der Waals surface area (Å²) >= 11 is 1.66. The molecule has 2 aromatic heterocycles. The Bertz CT molecular complexity index is 711. The van der Waals surface area contributed by atoms with Crippen LogP contribution >= 0.6 is 11.3 Å². The van der Waals surface area contributed by atoms with Crippen molar-refractivity contribution in [1.29, 1.82) is 0 Å². The number of imidazole rings is 1. The van der Waals surface area contributed by atoms with Gasteiger partial charge in [0.25, 0.3) is 0 Å². The predicted octanol–water partition coefficient (Wildman–Crippen LogP) is 2.76. The molecule has 0 aliphatic carbocycles. The number of thiazole rings is 1. The second kappa shape index (κ2) is 4.19. The number of nitrogens with zero attached hydrogens (tertiary/aromatic N) is 2. The van der Waals surface area contributed by atoms with Crippen LogP contribution in [0.2, 0.25) is 0 Å². The number of aryl methyl sites for hydroxylation is 2. The molecule has 0 saturated heterocycles. The second-order valence-corrected chi connectivity index (χ2v) is 5.49. The maximum Gasteiger partial charge on any atom is 0.150 e. The Morgan fingerprint density at radius 3 is 2.78 bits per heavy atom. The molecule has 0 radical (unpaired) electrons. The van der Waals surface area contributed by atoms with Crippen molar-refractivity contribution in [2.45, 2.75) is 20.4 Å². The minimum atomic E-state index is 0.545. The summed E-state index contributed by atoms with van der Waals surface area (Å²) < 4.78 is 0. The fourth-order valence-corrected chi connectivity index (χ4v) is 2.91. The number of nitrogens with one attached hydrogen (secondary N) is 1. The van der Waals surface area contributed by atoms with Crippen LogP contribution in [-0.2, 0) is 6.54 Å². The molecule has 18 heavy (non-hydrogen) atoms. The summed E-state index contributed by atoms with van der Waals surface area (Å²) in [5.41, 5.74) is 9.77. The predicted molar refractivity (Wildman–Crippen MR) is 74.6 cm³/mol. The molecule has 0 atom stereocenters. The van der Waals surface area contributed by atoms with Crippen molar-refractivity contribution < 1.29 is 0 Å². The van der Waals surface area contributed by atoms with Crippen LogP contribution in [0.3, 0.4) is 0 Å². The zero-order chi connectivity index (χ0) is 12.7. The molecule has 2 heterocycles. The molecular formula is C13H14N4S. The van der Waals surface area contributed by atoms with Gasteiger partial charge in [-0.25, -0.2) is 9.97 Å². The minimum absolute atomic E-state index is 0.545. The Balaban J connectivity index is 2.16. The molecule has 92 valence electrons. The average molecular weight is 258 g/mol. The zero-order valence-corrected chi connectivity index (χ0v) is 11.1. The zero-order valence-electron chi connectivity index (χ0n) is 10.3. The highest BCUT2D eigenvalue weighted by Crippen LogP contribution is 2.29. The fraction of sp³-hybridized carbons (Fsp3) is 0.231. The van der Waals surface area contributed by atoms with Gasteiger partial charge in [-0.3, -0.25) is 0 Å². The Morgan fingerprint density at radius 2 is 2.11 bits per heavy atom. The van der Waals surface area contributed by atoms with Crippen LogP contribution < -0.4 is 5.73 Å². The van der Waals surface area contributed by atoms with Gasteiger partial charge in [0.2, 0.25) is 0 Å². The maximum absolute atomic E-state index is 5.64. The van der Waals surface area contributed by atoms with E-state index in [0.717, 1.165) is 38.0 Å². The normalized spacial score (nSPS) is 11.3. The van der Waals surface area contributed by atoms with Crippen molar-refractivity contribution in [3.05, 3.63) is 34.5 Å². The van der Waals surface area contributed by atoms with Crippen LogP contribution in [0.4, 0.5) is 0 Å². The summed E-state index contributed by atoms with van der Waals surface area (Å²) in [5, 5.41) is 1.06. The van der Waals surface area contributed by atoms with E-state index in [1.54, 1.807) is 11.3 Å². The van der Waals surface area contributed by atoms with E-state index in [9.17, 15) is 0 Å². The third-order valence-electron chi connectivity index (χ3n) is 2.90. The van der Waals surface area contributed by atoms with Crippen molar-refractivity contribution >= 4 is 22.4 Å². The Hall–Kier alpha value is -1.72. The van der Waals surface area contributed by atoms with E-state index in [1.165, 1.54) is 0 Å². The molecule has 3 rings (SSSR count). The molecule has 0 unspecified atom stereocenters. The van der Waals surface area contributed by atoms with Gasteiger partial charge in [0.15, 0.2) is 5.82 Å². The standard InChI is InChI=1S/C13H14N4S/c1-7-12(18-8(2)15-7)13-16-10-4-3-9(6-14)5-11(10)17-13/h3-5H,6,14H2,1-2H3,(H,16,17). The summed E-state index contributed by atoms with van der Waals surface area (Å²) in [6.07, 6.45) is 0. The Morgan fingerprint density at radius 1 is 1.28 bits per heavy atom. The lowest BCUT2D eigenvalue weighted by Gasteiger charge is -1.94. The third kappa shape index (κ3) is 1.81. The molecule has 0 bridgehead atoms. The number of nitrogens with two attached hydrogens (primary N) is 1. The highest BCUT2D eigenvalue weighted by Gasteiger charge is 2.12. The number of benzene rings is 1. The number of rotatable bonds is 2. The molecule has 0 aliphatic heterocycles. The van der Waals surface area contributed by atoms with Gasteiger partial charge in [0.05, 0.1) is 26.6 Å². The molecule has 1 aromatic carbocycles. The van der Waals surface area contributed by atoms with E-state index in [1.807, 2.05) is 26.0 Å². The van der Waals surface area contributed by atoms with E-state index >= 15 is 0 Å². The highest BCUT2D eigenvalue weighted by atomic mass is 32.1. The van der Waals surface area contributed by atoms with E-state index in [-0.39, 0.29) is 0 Å². The molecule has 0 aliphatic rings. The molecule has 0 saturated carbocycles. The van der Waals surface area contributed by atoms with Crippen molar-refractivity contribution in [2.24, 2.45) is 5.73 Å². The lowest BCUT2D eigenvalue weighted by Crippen LogP contribution is -1.95. The van der Waals surface area contributed by atoms with Crippen LogP contribution in [0, 0.1) is 13.8 Å². The van der Waals surface area contributed by atoms with Crippen LogP contribution in [0.5, 0.6) is 0 Å². The van der Waals surface area contributed by atoms with Crippen LogP contribution in [0.1, 0.15) is 16.3 Å². The Labute approximate surface area is 109 Å². The molecular weight excluding hydrogens is 244 g/mol. The smallest absolute Gasteiger partial charge is 0.150 e. The number of fused-ring (bicyclic) bond motifs is 1. The van der Waals surface area contributed by atoms with E-state index < -0.39 is 0 Å². The molecule has 0 spiro atoms. The number of hydrogen-bond acceptors (Lipinski definition) is 4. The Kier molecular flexibility index (Phi) is 2.65. The topological polar surface area (TPSA) is 67.6 Å². The molecule has 5 heteroatoms. The van der Waals surface area contributed by atoms with Crippen molar-refractivity contribution in [2.75, 3.05) is 0 Å². The van der Waals surface area contributed by atoms with E-state index in [4.69, 9.17) is 5.73 Å². The molecule has 4 nitrogen and oxygen atoms in total. The first kappa shape index (κ1) is 11.4. The summed E-state index contributed by atoms with van der Waals surface area (Å²) in [5.74, 6) is 0.891. The SMILES string of the molecule is Cc1nc(C)c(-c2nc3ccc(CN)cc3[nH]2)s1. The monoisotopic (exact) mass is 258 g/mol. The third-order valence-corrected chi connectivity index (χ3v) is 3.98. The molecule has 0 amide bonds. The van der Waals surface area contributed by atoms with E-state index in [2.05, 4.69) is 21.0 Å². The van der Waals surface area contributed by atoms with Gasteiger partial charge in [-0.05, 0) is 31.5 Å². The van der Waals surface area contributed by atoms with Crippen molar-refractivity contribution in [3.8, 4) is 10.7 Å². The van der Waals surface area contributed by atoms with E-state index in [0.29, 0.717) is 6.54 Å². The van der Waals surface area contributed by atoms with Gasteiger partial charge in [-0.1, -0.05) is 6.07 Å². The average Bonchev–Trinajstić information content (AvgIpc) is 2.90. The number of hydrogen-bond donors (Lipinski definition) is 2. The quantitative estimate of drug-likeness (QED) is 0.742. The van der Waals surface area contributed by atoms with Crippen LogP contribution in [0.15, 0.2) is 18.2 Å². The van der Waals surface area contributed by atoms with Gasteiger partial charge in [0.1, 0.15) is 0 Å². The van der Waals surface area contributed by atoms with Crippen molar-refractivity contribution in [1.82, 2.24) is 15.0 Å².